The molecule has 1 fully saturated rings. The summed E-state index contributed by atoms with van der Waals surface area (Å²) in [5.41, 5.74) is 2.24. The van der Waals surface area contributed by atoms with Crippen molar-refractivity contribution in [3.05, 3.63) is 29.3 Å². The Morgan fingerprint density at radius 1 is 1.10 bits per heavy atom. The molecular formula is C17H22O3. The Hall–Kier alpha value is -1.48. The van der Waals surface area contributed by atoms with E-state index in [4.69, 9.17) is 9.47 Å². The Labute approximate surface area is 120 Å². The molecule has 0 radical (unpaired) electrons. The first-order valence-electron chi connectivity index (χ1n) is 7.58. The van der Waals surface area contributed by atoms with Crippen molar-refractivity contribution in [3.63, 3.8) is 0 Å². The van der Waals surface area contributed by atoms with Gasteiger partial charge in [0.15, 0.2) is 11.5 Å². The minimum atomic E-state index is 0.152. The lowest BCUT2D eigenvalue weighted by molar-refractivity contribution is 0.171. The molecule has 3 heteroatoms. The SMILES string of the molecule is OC/C(=C/c1ccc2c(c1)OCCO2)C1CCCCC1. The van der Waals surface area contributed by atoms with Gasteiger partial charge in [-0.2, -0.15) is 0 Å². The number of aliphatic hydroxyl groups excluding tert-OH is 1. The molecule has 2 aliphatic rings. The van der Waals surface area contributed by atoms with Crippen molar-refractivity contribution >= 4 is 6.08 Å². The molecule has 1 aromatic rings. The van der Waals surface area contributed by atoms with Crippen LogP contribution in [0.25, 0.3) is 6.08 Å². The fourth-order valence-corrected chi connectivity index (χ4v) is 3.13. The third-order valence-electron chi connectivity index (χ3n) is 4.23. The summed E-state index contributed by atoms with van der Waals surface area (Å²) in [6.45, 7) is 1.38. The Morgan fingerprint density at radius 2 is 1.85 bits per heavy atom. The molecule has 3 nitrogen and oxygen atoms in total. The molecule has 1 saturated carbocycles. The van der Waals surface area contributed by atoms with E-state index in [1.165, 1.54) is 32.1 Å². The van der Waals surface area contributed by atoms with Crippen molar-refractivity contribution in [2.75, 3.05) is 19.8 Å². The monoisotopic (exact) mass is 274 g/mol. The van der Waals surface area contributed by atoms with Gasteiger partial charge < -0.3 is 14.6 Å². The third-order valence-corrected chi connectivity index (χ3v) is 4.23. The molecule has 1 heterocycles. The van der Waals surface area contributed by atoms with Crippen molar-refractivity contribution in [1.82, 2.24) is 0 Å². The lowest BCUT2D eigenvalue weighted by Gasteiger charge is -2.24. The number of hydrogen-bond acceptors (Lipinski definition) is 3. The Balaban J connectivity index is 1.81. The molecule has 1 N–H and O–H groups in total. The summed E-state index contributed by atoms with van der Waals surface area (Å²) >= 11 is 0. The molecule has 0 bridgehead atoms. The van der Waals surface area contributed by atoms with Crippen LogP contribution in [-0.2, 0) is 0 Å². The highest BCUT2D eigenvalue weighted by Crippen LogP contribution is 2.34. The van der Waals surface area contributed by atoms with Crippen LogP contribution >= 0.6 is 0 Å². The first kappa shape index (κ1) is 13.5. The highest BCUT2D eigenvalue weighted by atomic mass is 16.6. The van der Waals surface area contributed by atoms with Gasteiger partial charge in [-0.05, 0) is 42.0 Å². The normalized spacial score (nSPS) is 19.9. The predicted molar refractivity (Wildman–Crippen MR) is 79.1 cm³/mol. The van der Waals surface area contributed by atoms with E-state index in [0.717, 1.165) is 22.6 Å². The van der Waals surface area contributed by atoms with Crippen molar-refractivity contribution in [2.24, 2.45) is 5.92 Å². The number of fused-ring (bicyclic) bond motifs is 1. The van der Waals surface area contributed by atoms with E-state index < -0.39 is 0 Å². The van der Waals surface area contributed by atoms with Crippen LogP contribution in [0.1, 0.15) is 37.7 Å². The zero-order chi connectivity index (χ0) is 13.8. The molecule has 0 atom stereocenters. The van der Waals surface area contributed by atoms with Crippen LogP contribution in [0.2, 0.25) is 0 Å². The number of aliphatic hydroxyl groups is 1. The van der Waals surface area contributed by atoms with Crippen LogP contribution in [-0.4, -0.2) is 24.9 Å². The zero-order valence-electron chi connectivity index (χ0n) is 11.8. The molecule has 1 aliphatic carbocycles. The lowest BCUT2D eigenvalue weighted by atomic mass is 9.83. The fraction of sp³-hybridized carbons (Fsp3) is 0.529. The second kappa shape index (κ2) is 6.31. The van der Waals surface area contributed by atoms with E-state index in [9.17, 15) is 5.11 Å². The summed E-state index contributed by atoms with van der Waals surface area (Å²) in [6.07, 6.45) is 8.42. The van der Waals surface area contributed by atoms with Crippen molar-refractivity contribution < 1.29 is 14.6 Å². The number of ether oxygens (including phenoxy) is 2. The quantitative estimate of drug-likeness (QED) is 0.918. The van der Waals surface area contributed by atoms with E-state index in [1.807, 2.05) is 18.2 Å². The molecule has 0 unspecified atom stereocenters. The summed E-state index contributed by atoms with van der Waals surface area (Å²) < 4.78 is 11.1. The van der Waals surface area contributed by atoms with Gasteiger partial charge in [-0.1, -0.05) is 31.4 Å². The Morgan fingerprint density at radius 3 is 2.60 bits per heavy atom. The molecule has 108 valence electrons. The van der Waals surface area contributed by atoms with Gasteiger partial charge in [0.1, 0.15) is 13.2 Å². The van der Waals surface area contributed by atoms with Crippen LogP contribution in [0.4, 0.5) is 0 Å². The van der Waals surface area contributed by atoms with Crippen LogP contribution < -0.4 is 9.47 Å². The van der Waals surface area contributed by atoms with Gasteiger partial charge in [0.05, 0.1) is 6.61 Å². The van der Waals surface area contributed by atoms with Gasteiger partial charge in [-0.25, -0.2) is 0 Å². The summed E-state index contributed by atoms with van der Waals surface area (Å²) in [5, 5.41) is 9.65. The average Bonchev–Trinajstić information content (AvgIpc) is 2.53. The smallest absolute Gasteiger partial charge is 0.161 e. The second-order valence-electron chi connectivity index (χ2n) is 5.62. The van der Waals surface area contributed by atoms with Gasteiger partial charge >= 0.3 is 0 Å². The first-order valence-corrected chi connectivity index (χ1v) is 7.58. The lowest BCUT2D eigenvalue weighted by Crippen LogP contribution is -2.15. The van der Waals surface area contributed by atoms with Crippen molar-refractivity contribution in [2.45, 2.75) is 32.1 Å². The predicted octanol–water partition coefficient (Wildman–Crippen LogP) is 3.41. The van der Waals surface area contributed by atoms with Crippen LogP contribution in [0.5, 0.6) is 11.5 Å². The Kier molecular flexibility index (Phi) is 4.26. The number of hydrogen-bond donors (Lipinski definition) is 1. The summed E-state index contributed by atoms with van der Waals surface area (Å²) in [7, 11) is 0. The molecule has 0 spiro atoms. The molecule has 0 aromatic heterocycles. The number of rotatable bonds is 3. The summed E-state index contributed by atoms with van der Waals surface area (Å²) in [5.74, 6) is 2.17. The Bertz CT molecular complexity index is 487. The summed E-state index contributed by atoms with van der Waals surface area (Å²) in [6, 6.07) is 6.00. The van der Waals surface area contributed by atoms with Gasteiger partial charge in [0.25, 0.3) is 0 Å². The molecule has 3 rings (SSSR count). The molecule has 1 aromatic carbocycles. The van der Waals surface area contributed by atoms with E-state index in [1.54, 1.807) is 0 Å². The molecule has 0 saturated heterocycles. The molecular weight excluding hydrogens is 252 g/mol. The maximum Gasteiger partial charge on any atom is 0.161 e. The first-order chi connectivity index (χ1) is 9.86. The van der Waals surface area contributed by atoms with Gasteiger partial charge in [-0.3, -0.25) is 0 Å². The third kappa shape index (κ3) is 2.98. The number of benzene rings is 1. The van der Waals surface area contributed by atoms with Gasteiger partial charge in [0, 0.05) is 0 Å². The highest BCUT2D eigenvalue weighted by Gasteiger charge is 2.18. The van der Waals surface area contributed by atoms with E-state index in [-0.39, 0.29) is 6.61 Å². The summed E-state index contributed by atoms with van der Waals surface area (Å²) in [4.78, 5) is 0. The van der Waals surface area contributed by atoms with Crippen LogP contribution in [0, 0.1) is 5.92 Å². The molecule has 20 heavy (non-hydrogen) atoms. The zero-order valence-corrected chi connectivity index (χ0v) is 11.8. The molecule has 1 aliphatic heterocycles. The second-order valence-corrected chi connectivity index (χ2v) is 5.62. The van der Waals surface area contributed by atoms with Crippen molar-refractivity contribution in [1.29, 1.82) is 0 Å². The van der Waals surface area contributed by atoms with Gasteiger partial charge in [0.2, 0.25) is 0 Å². The van der Waals surface area contributed by atoms with E-state index in [2.05, 4.69) is 6.08 Å². The minimum Gasteiger partial charge on any atom is -0.486 e. The maximum absolute atomic E-state index is 9.65. The molecule has 0 amide bonds. The minimum absolute atomic E-state index is 0.152. The van der Waals surface area contributed by atoms with Crippen LogP contribution in [0.15, 0.2) is 23.8 Å². The van der Waals surface area contributed by atoms with E-state index >= 15 is 0 Å². The largest absolute Gasteiger partial charge is 0.486 e. The van der Waals surface area contributed by atoms with Gasteiger partial charge in [-0.15, -0.1) is 0 Å². The van der Waals surface area contributed by atoms with E-state index in [0.29, 0.717) is 19.1 Å². The van der Waals surface area contributed by atoms with Crippen LogP contribution in [0.3, 0.4) is 0 Å². The fourth-order valence-electron chi connectivity index (χ4n) is 3.13. The maximum atomic E-state index is 9.65. The standard InChI is InChI=1S/C17H22O3/c18-12-15(14-4-2-1-3-5-14)10-13-6-7-16-17(11-13)20-9-8-19-16/h6-7,10-11,14,18H,1-5,8-9,12H2/b15-10-. The van der Waals surface area contributed by atoms with Crippen molar-refractivity contribution in [3.8, 4) is 11.5 Å². The highest BCUT2D eigenvalue weighted by molar-refractivity contribution is 5.59. The topological polar surface area (TPSA) is 38.7 Å². The average molecular weight is 274 g/mol.